The Hall–Kier alpha value is -1.89. The lowest BCUT2D eigenvalue weighted by molar-refractivity contribution is -0.130. The third kappa shape index (κ3) is 2.44. The molecule has 0 unspecified atom stereocenters. The Morgan fingerprint density at radius 2 is 2.41 bits per heavy atom. The number of nitriles is 1. The average Bonchev–Trinajstić information content (AvgIpc) is 3.08. The summed E-state index contributed by atoms with van der Waals surface area (Å²) in [6.07, 6.45) is 0.748. The molecule has 17 heavy (non-hydrogen) atoms. The van der Waals surface area contributed by atoms with Crippen LogP contribution in [0.25, 0.3) is 0 Å². The first-order valence-corrected chi connectivity index (χ1v) is 5.51. The van der Waals surface area contributed by atoms with Crippen molar-refractivity contribution < 1.29 is 9.18 Å². The number of hydrogen-bond acceptors (Lipinski definition) is 2. The molecule has 1 amide bonds. The van der Waals surface area contributed by atoms with Crippen molar-refractivity contribution in [2.45, 2.75) is 12.3 Å². The molecule has 2 atom stereocenters. The van der Waals surface area contributed by atoms with Gasteiger partial charge in [-0.05, 0) is 30.0 Å². The van der Waals surface area contributed by atoms with E-state index in [0.717, 1.165) is 12.0 Å². The molecule has 0 saturated heterocycles. The lowest BCUT2D eigenvalue weighted by Gasteiger charge is -2.12. The second-order valence-corrected chi connectivity index (χ2v) is 4.36. The zero-order valence-corrected chi connectivity index (χ0v) is 9.56. The topological polar surface area (TPSA) is 44.1 Å². The van der Waals surface area contributed by atoms with Gasteiger partial charge in [0.15, 0.2) is 0 Å². The van der Waals surface area contributed by atoms with Crippen LogP contribution in [-0.4, -0.2) is 24.4 Å². The van der Waals surface area contributed by atoms with Gasteiger partial charge in [-0.2, -0.15) is 5.26 Å². The van der Waals surface area contributed by atoms with E-state index in [4.69, 9.17) is 5.26 Å². The molecule has 0 spiro atoms. The third-order valence-corrected chi connectivity index (χ3v) is 3.07. The number of halogens is 1. The molecule has 0 heterocycles. The van der Waals surface area contributed by atoms with Crippen molar-refractivity contribution in [3.63, 3.8) is 0 Å². The van der Waals surface area contributed by atoms with Gasteiger partial charge in [0, 0.05) is 13.0 Å². The smallest absolute Gasteiger partial charge is 0.226 e. The molecule has 0 aromatic heterocycles. The van der Waals surface area contributed by atoms with Crippen molar-refractivity contribution in [1.82, 2.24) is 4.90 Å². The quantitative estimate of drug-likeness (QED) is 0.747. The van der Waals surface area contributed by atoms with E-state index < -0.39 is 0 Å². The standard InChI is InChI=1S/C13H13FN2O/c1-16(6-5-15)13(17)12-8-11(12)9-3-2-4-10(14)7-9/h2-4,7,11-12H,6,8H2,1H3/t11-,12+/m0/s1. The second-order valence-electron chi connectivity index (χ2n) is 4.36. The highest BCUT2D eigenvalue weighted by molar-refractivity contribution is 5.83. The van der Waals surface area contributed by atoms with Gasteiger partial charge in [0.25, 0.3) is 0 Å². The number of benzene rings is 1. The summed E-state index contributed by atoms with van der Waals surface area (Å²) >= 11 is 0. The van der Waals surface area contributed by atoms with Crippen molar-refractivity contribution >= 4 is 5.91 Å². The summed E-state index contributed by atoms with van der Waals surface area (Å²) in [7, 11) is 1.62. The van der Waals surface area contributed by atoms with Gasteiger partial charge in [-0.15, -0.1) is 0 Å². The maximum absolute atomic E-state index is 13.0. The van der Waals surface area contributed by atoms with Crippen LogP contribution in [0.15, 0.2) is 24.3 Å². The zero-order valence-electron chi connectivity index (χ0n) is 9.56. The zero-order chi connectivity index (χ0) is 12.4. The normalized spacial score (nSPS) is 21.7. The van der Waals surface area contributed by atoms with Crippen LogP contribution in [0.3, 0.4) is 0 Å². The molecule has 1 aromatic rings. The molecule has 1 aromatic carbocycles. The summed E-state index contributed by atoms with van der Waals surface area (Å²) in [4.78, 5) is 13.3. The Morgan fingerprint density at radius 1 is 1.65 bits per heavy atom. The lowest BCUT2D eigenvalue weighted by atomic mass is 10.1. The van der Waals surface area contributed by atoms with Gasteiger partial charge in [-0.25, -0.2) is 4.39 Å². The van der Waals surface area contributed by atoms with Crippen molar-refractivity contribution in [3.05, 3.63) is 35.6 Å². The molecular weight excluding hydrogens is 219 g/mol. The van der Waals surface area contributed by atoms with Crippen LogP contribution in [0.2, 0.25) is 0 Å². The Kier molecular flexibility index (Phi) is 3.10. The SMILES string of the molecule is CN(CC#N)C(=O)[C@@H]1C[C@H]1c1cccc(F)c1. The van der Waals surface area contributed by atoms with E-state index in [-0.39, 0.29) is 30.1 Å². The van der Waals surface area contributed by atoms with E-state index in [9.17, 15) is 9.18 Å². The molecule has 1 saturated carbocycles. The average molecular weight is 232 g/mol. The third-order valence-electron chi connectivity index (χ3n) is 3.07. The fraction of sp³-hybridized carbons (Fsp3) is 0.385. The summed E-state index contributed by atoms with van der Waals surface area (Å²) in [5.74, 6) is -0.277. The number of amides is 1. The van der Waals surface area contributed by atoms with E-state index >= 15 is 0 Å². The van der Waals surface area contributed by atoms with E-state index in [1.807, 2.05) is 12.1 Å². The minimum Gasteiger partial charge on any atom is -0.332 e. The van der Waals surface area contributed by atoms with Crippen molar-refractivity contribution in [2.75, 3.05) is 13.6 Å². The Bertz CT molecular complexity index is 481. The highest BCUT2D eigenvalue weighted by Crippen LogP contribution is 2.48. The van der Waals surface area contributed by atoms with Crippen LogP contribution in [0, 0.1) is 23.1 Å². The Labute approximate surface area is 99.5 Å². The van der Waals surface area contributed by atoms with Crippen LogP contribution in [0.1, 0.15) is 17.9 Å². The van der Waals surface area contributed by atoms with E-state index in [0.29, 0.717) is 0 Å². The summed E-state index contributed by atoms with van der Waals surface area (Å²) < 4.78 is 13.0. The minimum absolute atomic E-state index is 0.0270. The van der Waals surface area contributed by atoms with E-state index in [1.54, 1.807) is 13.1 Å². The highest BCUT2D eigenvalue weighted by atomic mass is 19.1. The van der Waals surface area contributed by atoms with Crippen molar-refractivity contribution in [1.29, 1.82) is 5.26 Å². The first-order valence-electron chi connectivity index (χ1n) is 5.51. The molecule has 4 heteroatoms. The van der Waals surface area contributed by atoms with Gasteiger partial charge in [0.2, 0.25) is 5.91 Å². The number of carbonyl (C=O) groups excluding carboxylic acids is 1. The van der Waals surface area contributed by atoms with Gasteiger partial charge < -0.3 is 4.90 Å². The maximum atomic E-state index is 13.0. The van der Waals surface area contributed by atoms with Crippen LogP contribution >= 0.6 is 0 Å². The number of rotatable bonds is 3. The molecular formula is C13H13FN2O. The van der Waals surface area contributed by atoms with Crippen LogP contribution in [0.5, 0.6) is 0 Å². The van der Waals surface area contributed by atoms with Crippen molar-refractivity contribution in [2.24, 2.45) is 5.92 Å². The van der Waals surface area contributed by atoms with Gasteiger partial charge in [0.1, 0.15) is 12.4 Å². The van der Waals surface area contributed by atoms with E-state index in [1.165, 1.54) is 17.0 Å². The van der Waals surface area contributed by atoms with Crippen LogP contribution in [-0.2, 0) is 4.79 Å². The Balaban J connectivity index is 2.01. The first-order chi connectivity index (χ1) is 8.13. The lowest BCUT2D eigenvalue weighted by Crippen LogP contribution is -2.28. The fourth-order valence-corrected chi connectivity index (χ4v) is 2.04. The molecule has 88 valence electrons. The van der Waals surface area contributed by atoms with Crippen molar-refractivity contribution in [3.8, 4) is 6.07 Å². The molecule has 0 N–H and O–H groups in total. The Morgan fingerprint density at radius 3 is 3.06 bits per heavy atom. The molecule has 2 rings (SSSR count). The number of hydrogen-bond donors (Lipinski definition) is 0. The predicted octanol–water partition coefficient (Wildman–Crippen LogP) is 1.91. The monoisotopic (exact) mass is 232 g/mol. The molecule has 1 fully saturated rings. The van der Waals surface area contributed by atoms with Crippen LogP contribution in [0.4, 0.5) is 4.39 Å². The van der Waals surface area contributed by atoms with Gasteiger partial charge >= 0.3 is 0 Å². The minimum atomic E-state index is -0.272. The molecule has 0 radical (unpaired) electrons. The maximum Gasteiger partial charge on any atom is 0.226 e. The van der Waals surface area contributed by atoms with Gasteiger partial charge in [-0.1, -0.05) is 12.1 Å². The molecule has 0 bridgehead atoms. The predicted molar refractivity (Wildman–Crippen MR) is 60.5 cm³/mol. The highest BCUT2D eigenvalue weighted by Gasteiger charge is 2.45. The first kappa shape index (κ1) is 11.6. The number of carbonyl (C=O) groups is 1. The molecule has 1 aliphatic carbocycles. The molecule has 3 nitrogen and oxygen atoms in total. The van der Waals surface area contributed by atoms with Gasteiger partial charge in [-0.3, -0.25) is 4.79 Å². The molecule has 0 aliphatic heterocycles. The number of nitrogens with zero attached hydrogens (tertiary/aromatic N) is 2. The summed E-state index contributed by atoms with van der Waals surface area (Å²) in [5.41, 5.74) is 0.869. The molecule has 1 aliphatic rings. The van der Waals surface area contributed by atoms with Crippen LogP contribution < -0.4 is 0 Å². The summed E-state index contributed by atoms with van der Waals surface area (Å²) in [5, 5.41) is 8.51. The second kappa shape index (κ2) is 4.54. The van der Waals surface area contributed by atoms with E-state index in [2.05, 4.69) is 0 Å². The summed E-state index contributed by atoms with van der Waals surface area (Å²) in [6.45, 7) is 0.102. The largest absolute Gasteiger partial charge is 0.332 e. The fourth-order valence-electron chi connectivity index (χ4n) is 2.04. The summed E-state index contributed by atoms with van der Waals surface area (Å²) in [6, 6.07) is 8.30. The van der Waals surface area contributed by atoms with Gasteiger partial charge in [0.05, 0.1) is 6.07 Å².